The van der Waals surface area contributed by atoms with Crippen molar-refractivity contribution in [3.05, 3.63) is 34.1 Å². The zero-order valence-electron chi connectivity index (χ0n) is 11.0. The van der Waals surface area contributed by atoms with Gasteiger partial charge in [-0.05, 0) is 11.4 Å². The summed E-state index contributed by atoms with van der Waals surface area (Å²) in [6.07, 6.45) is 0. The summed E-state index contributed by atoms with van der Waals surface area (Å²) >= 11 is 2.58. The smallest absolute Gasteiger partial charge is 0.273 e. The minimum absolute atomic E-state index is 0.135. The fourth-order valence-corrected chi connectivity index (χ4v) is 5.24. The van der Waals surface area contributed by atoms with Crippen LogP contribution in [0.25, 0.3) is 0 Å². The number of aromatic nitrogens is 1. The van der Waals surface area contributed by atoms with E-state index < -0.39 is 10.0 Å². The average molecular weight is 343 g/mol. The van der Waals surface area contributed by atoms with E-state index in [4.69, 9.17) is 0 Å². The minimum Gasteiger partial charge on any atom is -0.335 e. The van der Waals surface area contributed by atoms with E-state index in [1.807, 2.05) is 0 Å². The van der Waals surface area contributed by atoms with Crippen molar-refractivity contribution in [2.24, 2.45) is 0 Å². The number of hydrogen-bond acceptors (Lipinski definition) is 6. The molecule has 1 saturated heterocycles. The van der Waals surface area contributed by atoms with Crippen molar-refractivity contribution >= 4 is 38.6 Å². The third kappa shape index (κ3) is 2.86. The number of hydrogen-bond donors (Lipinski definition) is 0. The van der Waals surface area contributed by atoms with Crippen LogP contribution in [-0.2, 0) is 10.0 Å². The van der Waals surface area contributed by atoms with E-state index in [1.54, 1.807) is 33.3 Å². The first-order valence-corrected chi connectivity index (χ1v) is 9.56. The second-order valence-corrected chi connectivity index (χ2v) is 8.33. The summed E-state index contributed by atoms with van der Waals surface area (Å²) in [5.74, 6) is -0.135. The van der Waals surface area contributed by atoms with Crippen molar-refractivity contribution in [2.45, 2.75) is 4.21 Å². The van der Waals surface area contributed by atoms with Crippen LogP contribution in [0.1, 0.15) is 10.5 Å². The van der Waals surface area contributed by atoms with Gasteiger partial charge in [-0.25, -0.2) is 13.4 Å². The predicted octanol–water partition coefficient (Wildman–Crippen LogP) is 1.35. The van der Waals surface area contributed by atoms with Crippen LogP contribution in [0.3, 0.4) is 0 Å². The van der Waals surface area contributed by atoms with Gasteiger partial charge in [0.25, 0.3) is 15.9 Å². The largest absolute Gasteiger partial charge is 0.335 e. The van der Waals surface area contributed by atoms with Crippen LogP contribution in [0.5, 0.6) is 0 Å². The summed E-state index contributed by atoms with van der Waals surface area (Å²) < 4.78 is 26.5. The first-order chi connectivity index (χ1) is 10.1. The zero-order valence-corrected chi connectivity index (χ0v) is 13.5. The highest BCUT2D eigenvalue weighted by Crippen LogP contribution is 2.22. The molecule has 112 valence electrons. The fraction of sp³-hybridized carbons (Fsp3) is 0.333. The Morgan fingerprint density at radius 3 is 2.57 bits per heavy atom. The van der Waals surface area contributed by atoms with Gasteiger partial charge in [-0.3, -0.25) is 4.79 Å². The lowest BCUT2D eigenvalue weighted by atomic mass is 10.3. The molecule has 9 heteroatoms. The molecular formula is C12H13N3O3S3. The highest BCUT2D eigenvalue weighted by atomic mass is 32.2. The molecule has 6 nitrogen and oxygen atoms in total. The lowest BCUT2D eigenvalue weighted by molar-refractivity contribution is 0.0693. The Morgan fingerprint density at radius 2 is 2.00 bits per heavy atom. The average Bonchev–Trinajstić information content (AvgIpc) is 3.19. The van der Waals surface area contributed by atoms with Gasteiger partial charge in [-0.2, -0.15) is 4.31 Å². The van der Waals surface area contributed by atoms with Crippen molar-refractivity contribution in [3.8, 4) is 0 Å². The molecule has 0 aliphatic carbocycles. The molecule has 0 aromatic carbocycles. The van der Waals surface area contributed by atoms with Crippen molar-refractivity contribution in [2.75, 3.05) is 26.2 Å². The van der Waals surface area contributed by atoms with Gasteiger partial charge in [-0.15, -0.1) is 22.7 Å². The molecule has 1 aliphatic rings. The summed E-state index contributed by atoms with van der Waals surface area (Å²) in [5.41, 5.74) is 2.04. The number of carbonyl (C=O) groups is 1. The normalized spacial score (nSPS) is 17.0. The van der Waals surface area contributed by atoms with Gasteiger partial charge in [0.15, 0.2) is 0 Å². The third-order valence-corrected chi connectivity index (χ3v) is 7.12. The van der Waals surface area contributed by atoms with Crippen LogP contribution in [-0.4, -0.2) is 54.7 Å². The topological polar surface area (TPSA) is 70.6 Å². The molecule has 21 heavy (non-hydrogen) atoms. The Hall–Kier alpha value is -1.29. The molecule has 1 fully saturated rings. The molecule has 0 N–H and O–H groups in total. The molecule has 2 aromatic heterocycles. The summed E-state index contributed by atoms with van der Waals surface area (Å²) in [6.45, 7) is 1.41. The Kier molecular flexibility index (Phi) is 4.07. The second kappa shape index (κ2) is 5.84. The van der Waals surface area contributed by atoms with Gasteiger partial charge in [0.1, 0.15) is 9.90 Å². The molecule has 0 spiro atoms. The lowest BCUT2D eigenvalue weighted by Gasteiger charge is -2.33. The standard InChI is InChI=1S/C12H13N3O3S3/c16-12(10-8-19-9-13-10)14-3-5-15(6-4-14)21(17,18)11-2-1-7-20-11/h1-2,7-9H,3-6H2. The number of sulfonamides is 1. The summed E-state index contributed by atoms with van der Waals surface area (Å²) in [7, 11) is -3.42. The van der Waals surface area contributed by atoms with E-state index in [1.165, 1.54) is 27.0 Å². The number of piperazine rings is 1. The molecule has 1 amide bonds. The molecule has 0 bridgehead atoms. The third-order valence-electron chi connectivity index (χ3n) is 3.27. The molecule has 0 radical (unpaired) electrons. The Bertz CT molecular complexity index is 702. The number of thiazole rings is 1. The fourth-order valence-electron chi connectivity index (χ4n) is 2.15. The van der Waals surface area contributed by atoms with Gasteiger partial charge in [0.2, 0.25) is 0 Å². The zero-order chi connectivity index (χ0) is 14.9. The van der Waals surface area contributed by atoms with Crippen LogP contribution >= 0.6 is 22.7 Å². The summed E-state index contributed by atoms with van der Waals surface area (Å²) in [6, 6.07) is 3.33. The molecular weight excluding hydrogens is 330 g/mol. The lowest BCUT2D eigenvalue weighted by Crippen LogP contribution is -2.50. The first kappa shape index (κ1) is 14.6. The number of amides is 1. The Balaban J connectivity index is 1.67. The van der Waals surface area contributed by atoms with E-state index in [0.717, 1.165) is 0 Å². The highest BCUT2D eigenvalue weighted by molar-refractivity contribution is 7.91. The van der Waals surface area contributed by atoms with Crippen molar-refractivity contribution in [3.63, 3.8) is 0 Å². The van der Waals surface area contributed by atoms with Crippen molar-refractivity contribution in [1.82, 2.24) is 14.2 Å². The van der Waals surface area contributed by atoms with E-state index in [9.17, 15) is 13.2 Å². The quantitative estimate of drug-likeness (QED) is 0.843. The maximum atomic E-state index is 12.4. The van der Waals surface area contributed by atoms with Crippen LogP contribution in [0.15, 0.2) is 32.6 Å². The van der Waals surface area contributed by atoms with E-state index in [0.29, 0.717) is 36.1 Å². The molecule has 0 saturated carbocycles. The van der Waals surface area contributed by atoms with E-state index >= 15 is 0 Å². The summed E-state index contributed by atoms with van der Waals surface area (Å²) in [4.78, 5) is 17.8. The predicted molar refractivity (Wildman–Crippen MR) is 81.1 cm³/mol. The van der Waals surface area contributed by atoms with Gasteiger partial charge in [0.05, 0.1) is 5.51 Å². The number of thiophene rings is 1. The monoisotopic (exact) mass is 343 g/mol. The van der Waals surface area contributed by atoms with Crippen LogP contribution < -0.4 is 0 Å². The maximum absolute atomic E-state index is 12.4. The summed E-state index contributed by atoms with van der Waals surface area (Å²) in [5, 5.41) is 3.45. The Morgan fingerprint density at radius 1 is 1.24 bits per heavy atom. The molecule has 2 aromatic rings. The van der Waals surface area contributed by atoms with Crippen LogP contribution in [0.2, 0.25) is 0 Å². The molecule has 1 aliphatic heterocycles. The molecule has 3 rings (SSSR count). The van der Waals surface area contributed by atoms with Gasteiger partial charge in [0, 0.05) is 31.6 Å². The Labute approximate surface area is 130 Å². The highest BCUT2D eigenvalue weighted by Gasteiger charge is 2.31. The SMILES string of the molecule is O=C(c1cscn1)N1CCN(S(=O)(=O)c2cccs2)CC1. The first-order valence-electron chi connectivity index (χ1n) is 6.30. The number of rotatable bonds is 3. The van der Waals surface area contributed by atoms with Crippen molar-refractivity contribution in [1.29, 1.82) is 0 Å². The molecule has 0 atom stereocenters. The molecule has 0 unspecified atom stereocenters. The van der Waals surface area contributed by atoms with Crippen molar-refractivity contribution < 1.29 is 13.2 Å². The maximum Gasteiger partial charge on any atom is 0.273 e. The minimum atomic E-state index is -3.42. The van der Waals surface area contributed by atoms with Gasteiger partial charge >= 0.3 is 0 Å². The number of carbonyl (C=O) groups excluding carboxylic acids is 1. The van der Waals surface area contributed by atoms with Gasteiger partial charge in [-0.1, -0.05) is 6.07 Å². The second-order valence-electron chi connectivity index (χ2n) is 4.50. The van der Waals surface area contributed by atoms with Crippen LogP contribution in [0, 0.1) is 0 Å². The van der Waals surface area contributed by atoms with E-state index in [2.05, 4.69) is 4.98 Å². The van der Waals surface area contributed by atoms with Crippen LogP contribution in [0.4, 0.5) is 0 Å². The molecule has 3 heterocycles. The van der Waals surface area contributed by atoms with Gasteiger partial charge < -0.3 is 4.90 Å². The number of nitrogens with zero attached hydrogens (tertiary/aromatic N) is 3. The van der Waals surface area contributed by atoms with E-state index in [-0.39, 0.29) is 5.91 Å².